The monoisotopic (exact) mass is 533 g/mol. The summed E-state index contributed by atoms with van der Waals surface area (Å²) in [4.78, 5) is 31.3. The van der Waals surface area contributed by atoms with Crippen molar-refractivity contribution in [2.45, 2.75) is 105 Å². The van der Waals surface area contributed by atoms with E-state index in [0.29, 0.717) is 12.2 Å². The first kappa shape index (κ1) is 26.8. The van der Waals surface area contributed by atoms with Crippen molar-refractivity contribution in [2.24, 2.45) is 57.8 Å². The first-order valence-electron chi connectivity index (χ1n) is 14.9. The van der Waals surface area contributed by atoms with Gasteiger partial charge in [0, 0.05) is 28.5 Å². The summed E-state index contributed by atoms with van der Waals surface area (Å²) in [5, 5.41) is 23.3. The predicted molar refractivity (Wildman–Crippen MR) is 143 cm³/mol. The van der Waals surface area contributed by atoms with Crippen LogP contribution in [0.25, 0.3) is 0 Å². The maximum absolute atomic E-state index is 14.6. The van der Waals surface area contributed by atoms with E-state index in [1.807, 2.05) is 31.8 Å². The molecule has 0 saturated heterocycles. The number of allylic oxidation sites excluding steroid dienone is 2. The molecule has 0 radical (unpaired) electrons. The lowest BCUT2D eigenvalue weighted by atomic mass is 9.32. The summed E-state index contributed by atoms with van der Waals surface area (Å²) in [5.41, 5.74) is -1.11. The molecule has 0 unspecified atom stereocenters. The SMILES string of the molecule is C[n+]1nnn([C@]23CCC(C)(C)C[C@H]2[C@H]2C(=O)C[C@@H]4[C@@]5(C)C=C(C#N)C(=O)C(C)(C)[C@@H]5CC[C@@]4(C)[C@]2(C)CC3)n1. The highest BCUT2D eigenvalue weighted by Gasteiger charge is 2.73. The number of aromatic nitrogens is 5. The van der Waals surface area contributed by atoms with Gasteiger partial charge in [-0.2, -0.15) is 5.26 Å². The van der Waals surface area contributed by atoms with Gasteiger partial charge >= 0.3 is 0 Å². The fourth-order valence-electron chi connectivity index (χ4n) is 11.1. The summed E-state index contributed by atoms with van der Waals surface area (Å²) in [6.45, 7) is 15.8. The van der Waals surface area contributed by atoms with Crippen LogP contribution in [0.15, 0.2) is 11.6 Å². The lowest BCUT2D eigenvalue weighted by molar-refractivity contribution is -0.788. The highest BCUT2D eigenvalue weighted by molar-refractivity contribution is 6.04. The number of hydrogen-bond donors (Lipinski definition) is 0. The predicted octanol–water partition coefficient (Wildman–Crippen LogP) is 4.51. The third kappa shape index (κ3) is 3.22. The highest BCUT2D eigenvalue weighted by Crippen LogP contribution is 2.75. The molecule has 39 heavy (non-hydrogen) atoms. The standard InChI is InChI=1S/C31H45N6O2/c1-26(2)11-13-31(37-34-33-36(8)35-37)14-12-30(7)24(20(31)17-26)21(38)15-23-28(5)16-19(18-32)25(39)27(3,4)22(28)9-10-29(23,30)6/h16,20,22-24H,9-15,17H2,1-8H3/q+1/t20-,22-,23+,24-,28-,29+,30+,31-/m0/s1. The molecule has 8 atom stereocenters. The fourth-order valence-corrected chi connectivity index (χ4v) is 11.1. The molecule has 0 N–H and O–H groups in total. The minimum atomic E-state index is -0.611. The van der Waals surface area contributed by atoms with Crippen molar-refractivity contribution >= 4 is 11.6 Å². The van der Waals surface area contributed by atoms with Crippen molar-refractivity contribution in [2.75, 3.05) is 0 Å². The van der Waals surface area contributed by atoms with Crippen LogP contribution in [0.3, 0.4) is 0 Å². The number of hydrogen-bond acceptors (Lipinski definition) is 6. The number of rotatable bonds is 1. The van der Waals surface area contributed by atoms with Crippen LogP contribution < -0.4 is 4.80 Å². The maximum atomic E-state index is 14.6. The highest BCUT2D eigenvalue weighted by atomic mass is 16.1. The summed E-state index contributed by atoms with van der Waals surface area (Å²) in [5.74, 6) is 0.624. The summed E-state index contributed by atoms with van der Waals surface area (Å²) >= 11 is 0. The van der Waals surface area contributed by atoms with Gasteiger partial charge in [-0.25, -0.2) is 0 Å². The Morgan fingerprint density at radius 1 is 0.974 bits per heavy atom. The van der Waals surface area contributed by atoms with E-state index in [0.717, 1.165) is 44.9 Å². The lowest BCUT2D eigenvalue weighted by Crippen LogP contribution is -2.70. The third-order valence-corrected chi connectivity index (χ3v) is 13.3. The number of Topliss-reactive ketones (excluding diaryl/α,β-unsaturated/α-hetero) is 2. The Hall–Kier alpha value is -2.43. The largest absolute Gasteiger partial charge is 0.299 e. The molecule has 0 amide bonds. The van der Waals surface area contributed by atoms with E-state index in [4.69, 9.17) is 0 Å². The second-order valence-electron chi connectivity index (χ2n) is 15.8. The number of nitrogens with zero attached hydrogens (tertiary/aromatic N) is 6. The van der Waals surface area contributed by atoms with Crippen LogP contribution in [0.2, 0.25) is 0 Å². The van der Waals surface area contributed by atoms with Gasteiger partial charge in [0.05, 0.1) is 10.8 Å². The van der Waals surface area contributed by atoms with Crippen LogP contribution in [-0.2, 0) is 22.2 Å². The molecule has 5 aliphatic carbocycles. The van der Waals surface area contributed by atoms with Crippen molar-refractivity contribution in [3.05, 3.63) is 11.6 Å². The van der Waals surface area contributed by atoms with Crippen LogP contribution in [0.1, 0.15) is 99.8 Å². The topological polar surface area (TPSA) is 105 Å². The Morgan fingerprint density at radius 2 is 1.67 bits per heavy atom. The zero-order valence-electron chi connectivity index (χ0n) is 25.0. The quantitative estimate of drug-likeness (QED) is 0.492. The Kier molecular flexibility index (Phi) is 5.39. The first-order chi connectivity index (χ1) is 18.1. The molecule has 4 saturated carbocycles. The van der Waals surface area contributed by atoms with Crippen LogP contribution in [0.4, 0.5) is 0 Å². The van der Waals surface area contributed by atoms with Crippen LogP contribution in [0, 0.1) is 62.1 Å². The van der Waals surface area contributed by atoms with E-state index < -0.39 is 5.41 Å². The Balaban J connectivity index is 1.49. The number of carbonyl (C=O) groups is 2. The molecule has 4 fully saturated rings. The second kappa shape index (κ2) is 7.85. The number of nitriles is 1. The molecule has 210 valence electrons. The van der Waals surface area contributed by atoms with Crippen LogP contribution in [0.5, 0.6) is 0 Å². The Labute approximate surface area is 232 Å². The smallest absolute Gasteiger partial charge is 0.189 e. The number of ketones is 2. The molecule has 1 aromatic heterocycles. The molecule has 6 rings (SSSR count). The van der Waals surface area contributed by atoms with Crippen molar-refractivity contribution in [3.8, 4) is 6.07 Å². The van der Waals surface area contributed by atoms with Gasteiger partial charge in [-0.15, -0.1) is 0 Å². The van der Waals surface area contributed by atoms with Gasteiger partial charge in [0.1, 0.15) is 24.1 Å². The number of aryl methyl sites for hydroxylation is 1. The van der Waals surface area contributed by atoms with Crippen molar-refractivity contribution in [1.29, 1.82) is 5.26 Å². The van der Waals surface area contributed by atoms with Gasteiger partial charge in [0.2, 0.25) is 0 Å². The molecule has 8 heteroatoms. The Bertz CT molecular complexity index is 1340. The van der Waals surface area contributed by atoms with E-state index in [-0.39, 0.29) is 62.2 Å². The van der Waals surface area contributed by atoms with E-state index in [1.165, 1.54) is 4.80 Å². The van der Waals surface area contributed by atoms with E-state index in [9.17, 15) is 14.9 Å². The average Bonchev–Trinajstić information content (AvgIpc) is 3.29. The average molecular weight is 534 g/mol. The molecule has 8 nitrogen and oxygen atoms in total. The summed E-state index contributed by atoms with van der Waals surface area (Å²) in [6, 6.07) is 2.23. The van der Waals surface area contributed by atoms with Gasteiger partial charge in [0.15, 0.2) is 16.5 Å². The first-order valence-corrected chi connectivity index (χ1v) is 14.9. The molecule has 1 aromatic rings. The minimum Gasteiger partial charge on any atom is -0.299 e. The van der Waals surface area contributed by atoms with Gasteiger partial charge in [0.25, 0.3) is 0 Å². The lowest BCUT2D eigenvalue weighted by Gasteiger charge is -2.71. The third-order valence-electron chi connectivity index (χ3n) is 13.3. The van der Waals surface area contributed by atoms with E-state index in [1.54, 1.807) is 0 Å². The fraction of sp³-hybridized carbons (Fsp3) is 0.839. The van der Waals surface area contributed by atoms with E-state index >= 15 is 0 Å². The molecule has 0 spiro atoms. The molecule has 0 aliphatic heterocycles. The molecular formula is C31H45N6O2+. The second-order valence-corrected chi connectivity index (χ2v) is 15.8. The Morgan fingerprint density at radius 3 is 2.31 bits per heavy atom. The van der Waals surface area contributed by atoms with Crippen LogP contribution >= 0.6 is 0 Å². The van der Waals surface area contributed by atoms with Crippen molar-refractivity contribution in [3.63, 3.8) is 0 Å². The van der Waals surface area contributed by atoms with Gasteiger partial charge in [-0.05, 0) is 83.2 Å². The minimum absolute atomic E-state index is 0.0392. The number of fused-ring (bicyclic) bond motifs is 7. The van der Waals surface area contributed by atoms with Gasteiger partial charge in [-0.3, -0.25) is 9.59 Å². The van der Waals surface area contributed by atoms with Crippen molar-refractivity contribution < 1.29 is 14.4 Å². The number of carbonyl (C=O) groups excluding carboxylic acids is 2. The zero-order valence-corrected chi connectivity index (χ0v) is 25.0. The zero-order chi connectivity index (χ0) is 28.4. The van der Waals surface area contributed by atoms with E-state index in [2.05, 4.69) is 56.3 Å². The summed E-state index contributed by atoms with van der Waals surface area (Å²) in [7, 11) is 1.81. The van der Waals surface area contributed by atoms with Crippen molar-refractivity contribution in [1.82, 2.24) is 20.4 Å². The molecule has 0 bridgehead atoms. The molecule has 1 heterocycles. The maximum Gasteiger partial charge on any atom is 0.189 e. The summed E-state index contributed by atoms with van der Waals surface area (Å²) < 4.78 is 0. The van der Waals surface area contributed by atoms with Gasteiger partial charge < -0.3 is 0 Å². The summed E-state index contributed by atoms with van der Waals surface area (Å²) in [6.07, 6.45) is 9.34. The normalized spacial score (nSPS) is 46.2. The van der Waals surface area contributed by atoms with Crippen LogP contribution in [-0.4, -0.2) is 32.0 Å². The molecule has 5 aliphatic rings. The molecular weight excluding hydrogens is 488 g/mol. The van der Waals surface area contributed by atoms with Gasteiger partial charge in [-0.1, -0.05) is 54.5 Å². The molecule has 0 aromatic carbocycles.